The van der Waals surface area contributed by atoms with E-state index in [9.17, 15) is 0 Å². The topological polar surface area (TPSA) is 3.24 Å². The summed E-state index contributed by atoms with van der Waals surface area (Å²) in [5.41, 5.74) is 3.67. The molecule has 2 rings (SSSR count). The van der Waals surface area contributed by atoms with Gasteiger partial charge in [-0.2, -0.15) is 0 Å². The maximum atomic E-state index is 2.13. The first-order chi connectivity index (χ1) is 8.25. The number of hydrogen-bond donors (Lipinski definition) is 0. The van der Waals surface area contributed by atoms with Crippen molar-refractivity contribution in [1.82, 2.24) is 0 Å². The Labute approximate surface area is 115 Å². The third kappa shape index (κ3) is 3.94. The summed E-state index contributed by atoms with van der Waals surface area (Å²) in [6, 6.07) is 18.9. The first-order valence-electron chi connectivity index (χ1n) is 5.76. The van der Waals surface area contributed by atoms with Gasteiger partial charge in [0.05, 0.1) is 0 Å². The Balaban J connectivity index is 0.00000162. The van der Waals surface area contributed by atoms with E-state index < -0.39 is 0 Å². The van der Waals surface area contributed by atoms with Crippen LogP contribution in [-0.4, -0.2) is 14.1 Å². The Kier molecular flexibility index (Phi) is 5.47. The van der Waals surface area contributed by atoms with Crippen LogP contribution in [0.4, 0.5) is 5.69 Å². The third-order valence-electron chi connectivity index (χ3n) is 2.68. The van der Waals surface area contributed by atoms with Crippen LogP contribution in [0.3, 0.4) is 0 Å². The zero-order valence-electron chi connectivity index (χ0n) is 10.7. The van der Waals surface area contributed by atoms with Gasteiger partial charge in [0.1, 0.15) is 0 Å². The van der Waals surface area contributed by atoms with Crippen molar-refractivity contribution in [2.24, 2.45) is 0 Å². The average Bonchev–Trinajstić information content (AvgIpc) is 2.38. The third-order valence-corrected chi connectivity index (χ3v) is 2.68. The van der Waals surface area contributed by atoms with Gasteiger partial charge in [-0.1, -0.05) is 54.6 Å². The molecule has 2 heteroatoms. The Morgan fingerprint density at radius 2 is 1.22 bits per heavy atom. The predicted molar refractivity (Wildman–Crippen MR) is 76.1 cm³/mol. The maximum absolute atomic E-state index is 2.13. The molecule has 0 spiro atoms. The second-order valence-corrected chi connectivity index (χ2v) is 4.23. The van der Waals surface area contributed by atoms with E-state index in [1.165, 1.54) is 16.8 Å². The fourth-order valence-electron chi connectivity index (χ4n) is 1.64. The molecule has 0 saturated heterocycles. The van der Waals surface area contributed by atoms with Crippen molar-refractivity contribution in [2.75, 3.05) is 19.0 Å². The van der Waals surface area contributed by atoms with Crippen molar-refractivity contribution < 1.29 is 12.4 Å². The molecule has 2 aromatic rings. The van der Waals surface area contributed by atoms with E-state index in [0.29, 0.717) is 0 Å². The van der Waals surface area contributed by atoms with E-state index >= 15 is 0 Å². The van der Waals surface area contributed by atoms with Crippen molar-refractivity contribution in [3.05, 3.63) is 65.7 Å². The molecule has 0 radical (unpaired) electrons. The molecule has 0 aliphatic rings. The summed E-state index contributed by atoms with van der Waals surface area (Å²) in [6.45, 7) is 0. The number of halogens is 1. The average molecular weight is 259 g/mol. The highest BCUT2D eigenvalue weighted by Gasteiger charge is 1.93. The number of benzene rings is 2. The monoisotopic (exact) mass is 258 g/mol. The van der Waals surface area contributed by atoms with Crippen LogP contribution in [0.5, 0.6) is 0 Å². The van der Waals surface area contributed by atoms with Crippen LogP contribution in [0.15, 0.2) is 54.6 Å². The van der Waals surface area contributed by atoms with Crippen molar-refractivity contribution >= 4 is 17.8 Å². The lowest BCUT2D eigenvalue weighted by Crippen LogP contribution is -3.00. The minimum atomic E-state index is 0. The molecular formula is C16H17ClN-. The van der Waals surface area contributed by atoms with E-state index in [1.807, 2.05) is 6.07 Å². The van der Waals surface area contributed by atoms with Crippen molar-refractivity contribution in [3.63, 3.8) is 0 Å². The van der Waals surface area contributed by atoms with Gasteiger partial charge in [0.2, 0.25) is 0 Å². The van der Waals surface area contributed by atoms with Crippen molar-refractivity contribution in [2.45, 2.75) is 0 Å². The highest BCUT2D eigenvalue weighted by molar-refractivity contribution is 5.70. The smallest absolute Gasteiger partial charge is 0.0361 e. The van der Waals surface area contributed by atoms with Crippen LogP contribution >= 0.6 is 0 Å². The number of hydrogen-bond acceptors (Lipinski definition) is 1. The summed E-state index contributed by atoms with van der Waals surface area (Å²) < 4.78 is 0. The van der Waals surface area contributed by atoms with Crippen LogP contribution in [0.1, 0.15) is 11.1 Å². The number of nitrogens with zero attached hydrogens (tertiary/aromatic N) is 1. The van der Waals surface area contributed by atoms with Gasteiger partial charge in [0, 0.05) is 19.8 Å². The first kappa shape index (κ1) is 14.3. The molecular weight excluding hydrogens is 242 g/mol. The fourth-order valence-corrected chi connectivity index (χ4v) is 1.64. The van der Waals surface area contributed by atoms with Crippen LogP contribution in [0.2, 0.25) is 0 Å². The Bertz CT molecular complexity index is 486. The molecule has 1 nitrogen and oxygen atoms in total. The van der Waals surface area contributed by atoms with Crippen LogP contribution in [0, 0.1) is 0 Å². The summed E-state index contributed by atoms with van der Waals surface area (Å²) >= 11 is 0. The van der Waals surface area contributed by atoms with E-state index in [1.54, 1.807) is 0 Å². The molecule has 0 aliphatic carbocycles. The van der Waals surface area contributed by atoms with Gasteiger partial charge >= 0.3 is 0 Å². The molecule has 0 N–H and O–H groups in total. The lowest BCUT2D eigenvalue weighted by atomic mass is 10.1. The quantitative estimate of drug-likeness (QED) is 0.741. The van der Waals surface area contributed by atoms with E-state index in [-0.39, 0.29) is 12.4 Å². The molecule has 0 saturated carbocycles. The molecule has 0 fully saturated rings. The second-order valence-electron chi connectivity index (χ2n) is 4.23. The molecule has 0 heterocycles. The van der Waals surface area contributed by atoms with Crippen LogP contribution in [0.25, 0.3) is 12.2 Å². The predicted octanol–water partition coefficient (Wildman–Crippen LogP) is 0.927. The van der Waals surface area contributed by atoms with Gasteiger partial charge in [-0.25, -0.2) is 0 Å². The minimum absolute atomic E-state index is 0. The van der Waals surface area contributed by atoms with Gasteiger partial charge in [0.15, 0.2) is 0 Å². The van der Waals surface area contributed by atoms with Gasteiger partial charge in [-0.15, -0.1) is 0 Å². The summed E-state index contributed by atoms with van der Waals surface area (Å²) in [5, 5.41) is 0. The molecule has 94 valence electrons. The molecule has 0 aromatic heterocycles. The normalized spacial score (nSPS) is 10.1. The summed E-state index contributed by atoms with van der Waals surface area (Å²) in [6.07, 6.45) is 4.26. The summed E-state index contributed by atoms with van der Waals surface area (Å²) in [4.78, 5) is 2.10. The van der Waals surface area contributed by atoms with E-state index in [0.717, 1.165) is 0 Å². The molecule has 18 heavy (non-hydrogen) atoms. The SMILES string of the molecule is CN(C)c1ccc(/C=C/c2ccccc2)cc1.[Cl-]. The molecule has 0 atom stereocenters. The lowest BCUT2D eigenvalue weighted by Gasteiger charge is -2.11. The lowest BCUT2D eigenvalue weighted by molar-refractivity contribution is -0.00000338. The highest BCUT2D eigenvalue weighted by Crippen LogP contribution is 2.14. The van der Waals surface area contributed by atoms with E-state index in [4.69, 9.17) is 0 Å². The maximum Gasteiger partial charge on any atom is 0.0361 e. The standard InChI is InChI=1S/C16H17N.ClH/c1-17(2)16-12-10-15(11-13-16)9-8-14-6-4-3-5-7-14;/h3-13H,1-2H3;1H/p-1/b9-8+;. The summed E-state index contributed by atoms with van der Waals surface area (Å²) in [7, 11) is 4.10. The highest BCUT2D eigenvalue weighted by atomic mass is 35.5. The zero-order chi connectivity index (χ0) is 12.1. The molecule has 2 aromatic carbocycles. The Morgan fingerprint density at radius 3 is 1.72 bits per heavy atom. The first-order valence-corrected chi connectivity index (χ1v) is 5.76. The molecule has 0 unspecified atom stereocenters. The van der Waals surface area contributed by atoms with Gasteiger partial charge in [-0.05, 0) is 23.3 Å². The number of anilines is 1. The molecule has 0 aliphatic heterocycles. The van der Waals surface area contributed by atoms with Crippen molar-refractivity contribution in [1.29, 1.82) is 0 Å². The number of rotatable bonds is 3. The largest absolute Gasteiger partial charge is 1.00 e. The van der Waals surface area contributed by atoms with Gasteiger partial charge in [-0.3, -0.25) is 0 Å². The van der Waals surface area contributed by atoms with Crippen LogP contribution < -0.4 is 17.3 Å². The molecule has 0 bridgehead atoms. The van der Waals surface area contributed by atoms with Crippen LogP contribution in [-0.2, 0) is 0 Å². The Hall–Kier alpha value is -1.73. The second kappa shape index (κ2) is 6.87. The Morgan fingerprint density at radius 1 is 0.722 bits per heavy atom. The fraction of sp³-hybridized carbons (Fsp3) is 0.125. The summed E-state index contributed by atoms with van der Waals surface area (Å²) in [5.74, 6) is 0. The van der Waals surface area contributed by atoms with Gasteiger partial charge in [0.25, 0.3) is 0 Å². The zero-order valence-corrected chi connectivity index (χ0v) is 11.4. The molecule has 0 amide bonds. The van der Waals surface area contributed by atoms with Gasteiger partial charge < -0.3 is 17.3 Å². The van der Waals surface area contributed by atoms with E-state index in [2.05, 4.69) is 79.7 Å². The van der Waals surface area contributed by atoms with Crippen molar-refractivity contribution in [3.8, 4) is 0 Å². The minimum Gasteiger partial charge on any atom is -1.00 e.